The van der Waals surface area contributed by atoms with Gasteiger partial charge in [-0.25, -0.2) is 4.39 Å². The highest BCUT2D eigenvalue weighted by atomic mass is 19.1. The highest BCUT2D eigenvalue weighted by Gasteiger charge is 2.13. The molecule has 5 heteroatoms. The second-order valence-electron chi connectivity index (χ2n) is 3.10. The van der Waals surface area contributed by atoms with Crippen LogP contribution in [0.15, 0.2) is 18.2 Å². The van der Waals surface area contributed by atoms with Gasteiger partial charge in [0.2, 0.25) is 0 Å². The van der Waals surface area contributed by atoms with Gasteiger partial charge in [-0.2, -0.15) is 0 Å². The van der Waals surface area contributed by atoms with E-state index in [2.05, 4.69) is 4.74 Å². The largest absolute Gasteiger partial charge is 0.505 e. The summed E-state index contributed by atoms with van der Waals surface area (Å²) in [5.41, 5.74) is 6.08. The number of halogens is 1. The monoisotopic (exact) mass is 213 g/mol. The first-order valence-electron chi connectivity index (χ1n) is 4.35. The lowest BCUT2D eigenvalue weighted by molar-refractivity contribution is -0.141. The zero-order valence-electron chi connectivity index (χ0n) is 8.24. The van der Waals surface area contributed by atoms with E-state index >= 15 is 0 Å². The van der Waals surface area contributed by atoms with Crippen LogP contribution in [0.2, 0.25) is 0 Å². The Morgan fingerprint density at radius 3 is 2.87 bits per heavy atom. The zero-order valence-corrected chi connectivity index (χ0v) is 8.24. The van der Waals surface area contributed by atoms with Crippen molar-refractivity contribution in [3.8, 4) is 5.75 Å². The van der Waals surface area contributed by atoms with E-state index in [-0.39, 0.29) is 6.42 Å². The standard InChI is InChI=1S/C10H12FNO3/c1-15-10(14)5-8(12)6-2-3-9(13)7(11)4-6/h2-4,8,13H,5,12H2,1H3/t8-/m0/s1. The third kappa shape index (κ3) is 2.92. The van der Waals surface area contributed by atoms with Gasteiger partial charge in [0, 0.05) is 6.04 Å². The summed E-state index contributed by atoms with van der Waals surface area (Å²) >= 11 is 0. The Morgan fingerprint density at radius 1 is 1.67 bits per heavy atom. The normalized spacial score (nSPS) is 12.2. The molecule has 0 unspecified atom stereocenters. The number of carbonyl (C=O) groups is 1. The second-order valence-corrected chi connectivity index (χ2v) is 3.10. The highest BCUT2D eigenvalue weighted by molar-refractivity contribution is 5.70. The molecule has 0 heterocycles. The van der Waals surface area contributed by atoms with E-state index in [0.717, 1.165) is 6.07 Å². The number of phenols is 1. The Bertz CT molecular complexity index is 368. The molecule has 4 nitrogen and oxygen atoms in total. The number of rotatable bonds is 3. The quantitative estimate of drug-likeness (QED) is 0.737. The minimum atomic E-state index is -0.757. The van der Waals surface area contributed by atoms with Crippen molar-refractivity contribution in [1.82, 2.24) is 0 Å². The first-order valence-corrected chi connectivity index (χ1v) is 4.35. The third-order valence-corrected chi connectivity index (χ3v) is 2.01. The zero-order chi connectivity index (χ0) is 11.4. The number of ether oxygens (including phenoxy) is 1. The van der Waals surface area contributed by atoms with Gasteiger partial charge in [-0.3, -0.25) is 4.79 Å². The van der Waals surface area contributed by atoms with Crippen LogP contribution in [0, 0.1) is 5.82 Å². The highest BCUT2D eigenvalue weighted by Crippen LogP contribution is 2.21. The molecule has 0 saturated carbocycles. The Morgan fingerprint density at radius 2 is 2.33 bits per heavy atom. The van der Waals surface area contributed by atoms with Crippen LogP contribution >= 0.6 is 0 Å². The molecule has 0 amide bonds. The molecule has 0 aliphatic heterocycles. The number of hydrogen-bond acceptors (Lipinski definition) is 4. The Balaban J connectivity index is 2.78. The first kappa shape index (κ1) is 11.5. The minimum absolute atomic E-state index is 0.0271. The summed E-state index contributed by atoms with van der Waals surface area (Å²) in [6.07, 6.45) is -0.0271. The molecular weight excluding hydrogens is 201 g/mol. The van der Waals surface area contributed by atoms with Gasteiger partial charge in [0.05, 0.1) is 13.5 Å². The van der Waals surface area contributed by atoms with Crippen molar-refractivity contribution in [2.75, 3.05) is 7.11 Å². The first-order chi connectivity index (χ1) is 7.04. The van der Waals surface area contributed by atoms with Crippen LogP contribution in [0.5, 0.6) is 5.75 Å². The average molecular weight is 213 g/mol. The van der Waals surface area contributed by atoms with Crippen LogP contribution in [0.4, 0.5) is 4.39 Å². The lowest BCUT2D eigenvalue weighted by atomic mass is 10.0. The maximum Gasteiger partial charge on any atom is 0.307 e. The molecule has 3 N–H and O–H groups in total. The summed E-state index contributed by atoms with van der Waals surface area (Å²) in [6, 6.07) is 3.13. The Labute approximate surface area is 86.5 Å². The molecule has 0 radical (unpaired) electrons. The van der Waals surface area contributed by atoms with Crippen LogP contribution in [0.25, 0.3) is 0 Å². The van der Waals surface area contributed by atoms with Crippen LogP contribution in [0.3, 0.4) is 0 Å². The molecule has 0 aromatic heterocycles. The second kappa shape index (κ2) is 4.75. The van der Waals surface area contributed by atoms with Gasteiger partial charge in [0.15, 0.2) is 11.6 Å². The van der Waals surface area contributed by atoms with E-state index in [1.54, 1.807) is 0 Å². The van der Waals surface area contributed by atoms with Gasteiger partial charge in [-0.05, 0) is 17.7 Å². The van der Waals surface area contributed by atoms with Gasteiger partial charge >= 0.3 is 5.97 Å². The molecule has 1 aromatic rings. The number of esters is 1. The fourth-order valence-corrected chi connectivity index (χ4v) is 1.13. The van der Waals surface area contributed by atoms with Crippen LogP contribution in [0.1, 0.15) is 18.0 Å². The maximum absolute atomic E-state index is 12.9. The number of hydrogen-bond donors (Lipinski definition) is 2. The van der Waals surface area contributed by atoms with Gasteiger partial charge in [-0.15, -0.1) is 0 Å². The molecule has 0 fully saturated rings. The summed E-state index contributed by atoms with van der Waals surface area (Å²) in [4.78, 5) is 10.9. The molecule has 1 aromatic carbocycles. The number of nitrogens with two attached hydrogens (primary N) is 1. The molecule has 1 atom stereocenters. The van der Waals surface area contributed by atoms with Crippen LogP contribution in [-0.4, -0.2) is 18.2 Å². The van der Waals surface area contributed by atoms with Crippen molar-refractivity contribution in [2.45, 2.75) is 12.5 Å². The van der Waals surface area contributed by atoms with Crippen molar-refractivity contribution in [3.63, 3.8) is 0 Å². The Kier molecular flexibility index (Phi) is 3.62. The number of methoxy groups -OCH3 is 1. The summed E-state index contributed by atoms with van der Waals surface area (Å²) in [5.74, 6) is -1.66. The van der Waals surface area contributed by atoms with E-state index in [0.29, 0.717) is 5.56 Å². The average Bonchev–Trinajstić information content (AvgIpc) is 2.21. The van der Waals surface area contributed by atoms with Crippen molar-refractivity contribution in [1.29, 1.82) is 0 Å². The number of aromatic hydroxyl groups is 1. The number of carbonyl (C=O) groups excluding carboxylic acids is 1. The topological polar surface area (TPSA) is 72.5 Å². The van der Waals surface area contributed by atoms with E-state index in [1.807, 2.05) is 0 Å². The lowest BCUT2D eigenvalue weighted by Crippen LogP contribution is -2.16. The van der Waals surface area contributed by atoms with E-state index in [9.17, 15) is 9.18 Å². The molecular formula is C10H12FNO3. The molecule has 0 bridgehead atoms. The summed E-state index contributed by atoms with van der Waals surface area (Å²) in [7, 11) is 1.26. The molecule has 0 aliphatic carbocycles. The Hall–Kier alpha value is -1.62. The predicted molar refractivity (Wildman–Crippen MR) is 51.6 cm³/mol. The number of phenolic OH excluding ortho intramolecular Hbond substituents is 1. The number of benzene rings is 1. The van der Waals surface area contributed by atoms with Crippen molar-refractivity contribution >= 4 is 5.97 Å². The molecule has 15 heavy (non-hydrogen) atoms. The van der Waals surface area contributed by atoms with Gasteiger partial charge in [-0.1, -0.05) is 6.07 Å². The molecule has 0 spiro atoms. The summed E-state index contributed by atoms with van der Waals surface area (Å²) < 4.78 is 17.4. The van der Waals surface area contributed by atoms with Gasteiger partial charge in [0.25, 0.3) is 0 Å². The van der Waals surface area contributed by atoms with Gasteiger partial charge in [0.1, 0.15) is 0 Å². The summed E-state index contributed by atoms with van der Waals surface area (Å²) in [6.45, 7) is 0. The van der Waals surface area contributed by atoms with Crippen molar-refractivity contribution in [2.24, 2.45) is 5.73 Å². The van der Waals surface area contributed by atoms with Gasteiger partial charge < -0.3 is 15.6 Å². The maximum atomic E-state index is 12.9. The van der Waals surface area contributed by atoms with E-state index in [1.165, 1.54) is 19.2 Å². The minimum Gasteiger partial charge on any atom is -0.505 e. The molecule has 82 valence electrons. The van der Waals surface area contributed by atoms with E-state index in [4.69, 9.17) is 10.8 Å². The fraction of sp³-hybridized carbons (Fsp3) is 0.300. The predicted octanol–water partition coefficient (Wildman–Crippen LogP) is 1.09. The molecule has 1 rings (SSSR count). The molecule has 0 aliphatic rings. The smallest absolute Gasteiger partial charge is 0.307 e. The summed E-state index contributed by atoms with van der Waals surface area (Å²) in [5, 5.41) is 8.95. The SMILES string of the molecule is COC(=O)C[C@H](N)c1ccc(O)c(F)c1. The third-order valence-electron chi connectivity index (χ3n) is 2.01. The van der Waals surface area contributed by atoms with E-state index < -0.39 is 23.6 Å². The van der Waals surface area contributed by atoms with Crippen LogP contribution in [-0.2, 0) is 9.53 Å². The lowest BCUT2D eigenvalue weighted by Gasteiger charge is -2.10. The van der Waals surface area contributed by atoms with Crippen molar-refractivity contribution < 1.29 is 19.0 Å². The molecule has 0 saturated heterocycles. The fourth-order valence-electron chi connectivity index (χ4n) is 1.13. The van der Waals surface area contributed by atoms with Crippen LogP contribution < -0.4 is 5.73 Å². The van der Waals surface area contributed by atoms with Crippen molar-refractivity contribution in [3.05, 3.63) is 29.6 Å².